The van der Waals surface area contributed by atoms with Crippen molar-refractivity contribution < 1.29 is 14.3 Å². The van der Waals surface area contributed by atoms with Crippen LogP contribution in [0.2, 0.25) is 0 Å². The summed E-state index contributed by atoms with van der Waals surface area (Å²) in [4.78, 5) is 32.8. The third-order valence-electron chi connectivity index (χ3n) is 7.91. The van der Waals surface area contributed by atoms with E-state index in [0.29, 0.717) is 18.9 Å². The Morgan fingerprint density at radius 3 is 2.13 bits per heavy atom. The van der Waals surface area contributed by atoms with Crippen LogP contribution in [0.3, 0.4) is 0 Å². The summed E-state index contributed by atoms with van der Waals surface area (Å²) in [6, 6.07) is 5.84. The number of esters is 1. The predicted molar refractivity (Wildman–Crippen MR) is 192 cm³/mol. The number of aryl methyl sites for hydroxylation is 1. The first-order valence-electron chi connectivity index (χ1n) is 17.1. The van der Waals surface area contributed by atoms with Crippen LogP contribution in [0.1, 0.15) is 113 Å². The van der Waals surface area contributed by atoms with Crippen LogP contribution in [0.25, 0.3) is 0 Å². The van der Waals surface area contributed by atoms with Crippen LogP contribution in [0.4, 0.5) is 5.69 Å². The van der Waals surface area contributed by atoms with Crippen molar-refractivity contribution in [1.82, 2.24) is 10.2 Å². The van der Waals surface area contributed by atoms with Gasteiger partial charge in [0, 0.05) is 12.5 Å². The molecule has 45 heavy (non-hydrogen) atoms. The maximum atomic E-state index is 12.8. The highest BCUT2D eigenvalue weighted by molar-refractivity contribution is 6.07. The molecule has 1 saturated heterocycles. The second kappa shape index (κ2) is 19.2. The van der Waals surface area contributed by atoms with E-state index >= 15 is 0 Å². The lowest BCUT2D eigenvalue weighted by atomic mass is 9.94. The Kier molecular flexibility index (Phi) is 17.2. The van der Waals surface area contributed by atoms with Gasteiger partial charge < -0.3 is 15.0 Å². The van der Waals surface area contributed by atoms with Gasteiger partial charge in [0.15, 0.2) is 5.78 Å². The van der Waals surface area contributed by atoms with Gasteiger partial charge in [-0.3, -0.25) is 14.6 Å². The standard InChI is InChI=1S/C32H50N2O3.C7H15N/c1-13-26(17-24(9)30(35)22(6)7)29(21(4)5)34-27-18-25(15-14-23(27)8)19-33-28(16-20(2)3)31(36)37-32(10,11)12;1-7-3-5-8(2)6-4-7/h13-15,17-18,20-22,28,33H,16,19H2,1-12H3;7H,3-6H2,1-2H3/b24-17-,26-13+,34-29?;. The average Bonchev–Trinajstić information content (AvgIpc) is 2.94. The summed E-state index contributed by atoms with van der Waals surface area (Å²) < 4.78 is 5.65. The Bertz CT molecular complexity index is 1170. The van der Waals surface area contributed by atoms with Gasteiger partial charge in [0.1, 0.15) is 11.6 Å². The predicted octanol–water partition coefficient (Wildman–Crippen LogP) is 9.04. The zero-order valence-electron chi connectivity index (χ0n) is 31.1. The van der Waals surface area contributed by atoms with E-state index in [2.05, 4.69) is 77.0 Å². The van der Waals surface area contributed by atoms with Gasteiger partial charge in [-0.1, -0.05) is 66.7 Å². The van der Waals surface area contributed by atoms with Gasteiger partial charge in [-0.2, -0.15) is 0 Å². The van der Waals surface area contributed by atoms with Gasteiger partial charge >= 0.3 is 5.97 Å². The third kappa shape index (κ3) is 15.5. The van der Waals surface area contributed by atoms with Crippen LogP contribution in [0, 0.1) is 30.6 Å². The molecule has 1 heterocycles. The number of aliphatic imine (C=N–C) groups is 1. The number of likely N-dealkylation sites (tertiary alicyclic amines) is 1. The molecule has 254 valence electrons. The quantitative estimate of drug-likeness (QED) is 0.109. The molecule has 1 aromatic rings. The molecule has 1 unspecified atom stereocenters. The molecule has 0 spiro atoms. The Morgan fingerprint density at radius 2 is 1.67 bits per heavy atom. The summed E-state index contributed by atoms with van der Waals surface area (Å²) in [7, 11) is 2.20. The molecule has 0 radical (unpaired) electrons. The van der Waals surface area contributed by atoms with Crippen molar-refractivity contribution in [3.63, 3.8) is 0 Å². The van der Waals surface area contributed by atoms with E-state index in [0.717, 1.165) is 39.6 Å². The number of ether oxygens (including phenoxy) is 1. The van der Waals surface area contributed by atoms with Crippen LogP contribution in [0.15, 0.2) is 46.5 Å². The fourth-order valence-electron chi connectivity index (χ4n) is 5.09. The monoisotopic (exact) mass is 624 g/mol. The highest BCUT2D eigenvalue weighted by Gasteiger charge is 2.25. The minimum Gasteiger partial charge on any atom is -0.459 e. The summed E-state index contributed by atoms with van der Waals surface area (Å²) >= 11 is 0. The molecule has 1 aliphatic heterocycles. The summed E-state index contributed by atoms with van der Waals surface area (Å²) in [5, 5.41) is 3.41. The molecule has 0 bridgehead atoms. The fraction of sp³-hybridized carbons (Fsp3) is 0.667. The lowest BCUT2D eigenvalue weighted by Crippen LogP contribution is -2.41. The highest BCUT2D eigenvalue weighted by atomic mass is 16.6. The van der Waals surface area contributed by atoms with Crippen molar-refractivity contribution in [3.8, 4) is 0 Å². The van der Waals surface area contributed by atoms with Gasteiger partial charge in [0.2, 0.25) is 0 Å². The fourth-order valence-corrected chi connectivity index (χ4v) is 5.09. The molecule has 1 fully saturated rings. The van der Waals surface area contributed by atoms with Crippen molar-refractivity contribution in [2.45, 2.75) is 127 Å². The largest absolute Gasteiger partial charge is 0.459 e. The zero-order chi connectivity index (χ0) is 34.5. The number of Topliss-reactive ketones (excluding diaryl/α,β-unsaturated/α-hetero) is 1. The SMILES string of the molecule is C/C=C(\C=C(\C)C(=O)C(C)C)C(=Nc1cc(CNC(CC(C)C)C(=O)OC(C)(C)C)ccc1C)C(C)C.CC1CCN(C)CC1. The van der Waals surface area contributed by atoms with E-state index in [9.17, 15) is 9.59 Å². The summed E-state index contributed by atoms with van der Waals surface area (Å²) in [6.07, 6.45) is 7.48. The number of piperidine rings is 1. The summed E-state index contributed by atoms with van der Waals surface area (Å²) in [6.45, 7) is 29.4. The molecule has 0 aliphatic carbocycles. The van der Waals surface area contributed by atoms with Crippen LogP contribution in [-0.2, 0) is 20.9 Å². The molecule has 0 saturated carbocycles. The molecule has 2 rings (SSSR count). The van der Waals surface area contributed by atoms with Crippen molar-refractivity contribution in [2.75, 3.05) is 20.1 Å². The zero-order valence-corrected chi connectivity index (χ0v) is 31.1. The second-order valence-electron chi connectivity index (χ2n) is 14.9. The van der Waals surface area contributed by atoms with Crippen LogP contribution < -0.4 is 5.32 Å². The number of nitrogens with zero attached hydrogens (tertiary/aromatic N) is 2. The van der Waals surface area contributed by atoms with Crippen molar-refractivity contribution in [3.05, 3.63) is 52.6 Å². The van der Waals surface area contributed by atoms with Gasteiger partial charge in [0.25, 0.3) is 0 Å². The van der Waals surface area contributed by atoms with Gasteiger partial charge in [-0.15, -0.1) is 0 Å². The first kappa shape index (κ1) is 40.5. The molecular formula is C39H65N3O3. The average molecular weight is 624 g/mol. The van der Waals surface area contributed by atoms with E-state index in [1.807, 2.05) is 60.6 Å². The topological polar surface area (TPSA) is 71.0 Å². The molecular weight excluding hydrogens is 558 g/mol. The first-order valence-corrected chi connectivity index (χ1v) is 17.1. The maximum absolute atomic E-state index is 12.8. The Balaban J connectivity index is 0.00000109. The number of allylic oxidation sites excluding steroid dienone is 4. The summed E-state index contributed by atoms with van der Waals surface area (Å²) in [5.41, 5.74) is 5.13. The number of nitrogens with one attached hydrogen (secondary N) is 1. The molecule has 1 aliphatic rings. The molecule has 0 aromatic heterocycles. The van der Waals surface area contributed by atoms with Crippen molar-refractivity contribution in [2.24, 2.45) is 28.7 Å². The number of rotatable bonds is 12. The van der Waals surface area contributed by atoms with Gasteiger partial charge in [-0.25, -0.2) is 0 Å². The highest BCUT2D eigenvalue weighted by Crippen LogP contribution is 2.25. The molecule has 0 amide bonds. The smallest absolute Gasteiger partial charge is 0.323 e. The van der Waals surface area contributed by atoms with Crippen LogP contribution >= 0.6 is 0 Å². The van der Waals surface area contributed by atoms with E-state index in [1.165, 1.54) is 25.9 Å². The molecule has 6 nitrogen and oxygen atoms in total. The minimum atomic E-state index is -0.524. The minimum absolute atomic E-state index is 0.0413. The van der Waals surface area contributed by atoms with Gasteiger partial charge in [0.05, 0.1) is 11.4 Å². The summed E-state index contributed by atoms with van der Waals surface area (Å²) in [5.74, 6) is 1.40. The number of carbonyl (C=O) groups is 2. The Hall–Kier alpha value is -2.57. The van der Waals surface area contributed by atoms with E-state index in [4.69, 9.17) is 9.73 Å². The van der Waals surface area contributed by atoms with E-state index in [-0.39, 0.29) is 29.6 Å². The Labute approximate surface area is 276 Å². The lowest BCUT2D eigenvalue weighted by molar-refractivity contribution is -0.158. The lowest BCUT2D eigenvalue weighted by Gasteiger charge is -2.26. The van der Waals surface area contributed by atoms with Gasteiger partial charge in [-0.05, 0) is 133 Å². The first-order chi connectivity index (χ1) is 20.8. The normalized spacial score (nSPS) is 16.6. The number of hydrogen-bond acceptors (Lipinski definition) is 6. The molecule has 1 aromatic carbocycles. The number of ketones is 1. The van der Waals surface area contributed by atoms with Crippen molar-refractivity contribution >= 4 is 23.2 Å². The maximum Gasteiger partial charge on any atom is 0.323 e. The third-order valence-corrected chi connectivity index (χ3v) is 7.91. The molecule has 6 heteroatoms. The second-order valence-corrected chi connectivity index (χ2v) is 14.9. The van der Waals surface area contributed by atoms with Crippen molar-refractivity contribution in [1.29, 1.82) is 0 Å². The van der Waals surface area contributed by atoms with Crippen LogP contribution in [-0.4, -0.2) is 54.1 Å². The number of carbonyl (C=O) groups excluding carboxylic acids is 2. The number of benzene rings is 1. The van der Waals surface area contributed by atoms with E-state index in [1.54, 1.807) is 0 Å². The number of hydrogen-bond donors (Lipinski definition) is 1. The molecule has 1 atom stereocenters. The van der Waals surface area contributed by atoms with E-state index < -0.39 is 5.60 Å². The van der Waals surface area contributed by atoms with Crippen LogP contribution in [0.5, 0.6) is 0 Å². The Morgan fingerprint density at radius 1 is 1.07 bits per heavy atom. The molecule has 1 N–H and O–H groups in total.